The quantitative estimate of drug-likeness (QED) is 0.790. The second-order valence-corrected chi connectivity index (χ2v) is 7.25. The van der Waals surface area contributed by atoms with Gasteiger partial charge in [0, 0.05) is 19.6 Å². The van der Waals surface area contributed by atoms with Crippen molar-refractivity contribution in [2.45, 2.75) is 58.0 Å². The number of aryl methyl sites for hydroxylation is 1. The number of rotatable bonds is 8. The predicted octanol–water partition coefficient (Wildman–Crippen LogP) is 1.53. The molecule has 1 aromatic rings. The first kappa shape index (κ1) is 18.1. The van der Waals surface area contributed by atoms with E-state index < -0.39 is 10.0 Å². The molecule has 0 saturated carbocycles. The average Bonchev–Trinajstić information content (AvgIpc) is 2.72. The molecule has 0 aliphatic rings. The van der Waals surface area contributed by atoms with Crippen molar-refractivity contribution >= 4 is 10.0 Å². The standard InChI is InChI=1S/C14H28N4O2S/c1-7-13(8-2)17(6)21(19,20)14-11(3)16-18(12(14)4)10-9-15-5/h13,15H,7-10H2,1-6H3. The highest BCUT2D eigenvalue weighted by Gasteiger charge is 2.31. The van der Waals surface area contributed by atoms with Crippen LogP contribution in [0, 0.1) is 13.8 Å². The van der Waals surface area contributed by atoms with Crippen LogP contribution < -0.4 is 5.32 Å². The van der Waals surface area contributed by atoms with Crippen molar-refractivity contribution in [3.05, 3.63) is 11.4 Å². The van der Waals surface area contributed by atoms with Crippen LogP contribution in [0.15, 0.2) is 4.90 Å². The SMILES string of the molecule is CCC(CC)N(C)S(=O)(=O)c1c(C)nn(CCNC)c1C. The van der Waals surface area contributed by atoms with Crippen molar-refractivity contribution in [1.29, 1.82) is 0 Å². The first-order chi connectivity index (χ1) is 9.81. The minimum Gasteiger partial charge on any atom is -0.318 e. The Morgan fingerprint density at radius 1 is 1.29 bits per heavy atom. The van der Waals surface area contributed by atoms with Gasteiger partial charge in [0.2, 0.25) is 10.0 Å². The zero-order valence-electron chi connectivity index (χ0n) is 14.0. The minimum absolute atomic E-state index is 0.0226. The largest absolute Gasteiger partial charge is 0.318 e. The summed E-state index contributed by atoms with van der Waals surface area (Å²) in [5.41, 5.74) is 1.28. The van der Waals surface area contributed by atoms with Crippen LogP contribution in [0.2, 0.25) is 0 Å². The van der Waals surface area contributed by atoms with Crippen LogP contribution in [0.1, 0.15) is 38.1 Å². The first-order valence-electron chi connectivity index (χ1n) is 7.47. The van der Waals surface area contributed by atoms with Crippen molar-refractivity contribution < 1.29 is 8.42 Å². The molecule has 0 amide bonds. The summed E-state index contributed by atoms with van der Waals surface area (Å²) in [5, 5.41) is 7.43. The van der Waals surface area contributed by atoms with E-state index in [1.165, 1.54) is 4.31 Å². The molecule has 0 spiro atoms. The van der Waals surface area contributed by atoms with Gasteiger partial charge in [-0.2, -0.15) is 9.40 Å². The maximum atomic E-state index is 12.9. The molecule has 0 aliphatic carbocycles. The molecule has 1 N–H and O–H groups in total. The van der Waals surface area contributed by atoms with Crippen molar-refractivity contribution in [2.24, 2.45) is 0 Å². The molecule has 1 aromatic heterocycles. The van der Waals surface area contributed by atoms with Crippen LogP contribution in [-0.2, 0) is 16.6 Å². The average molecular weight is 316 g/mol. The lowest BCUT2D eigenvalue weighted by molar-refractivity contribution is 0.349. The van der Waals surface area contributed by atoms with Gasteiger partial charge in [-0.3, -0.25) is 4.68 Å². The third kappa shape index (κ3) is 3.64. The first-order valence-corrected chi connectivity index (χ1v) is 8.91. The summed E-state index contributed by atoms with van der Waals surface area (Å²) in [6, 6.07) is 0.0226. The molecule has 0 radical (unpaired) electrons. The fourth-order valence-corrected chi connectivity index (χ4v) is 4.50. The van der Waals surface area contributed by atoms with Gasteiger partial charge in [-0.25, -0.2) is 8.42 Å². The summed E-state index contributed by atoms with van der Waals surface area (Å²) >= 11 is 0. The number of nitrogens with one attached hydrogen (secondary N) is 1. The third-order valence-corrected chi connectivity index (χ3v) is 6.15. The van der Waals surface area contributed by atoms with E-state index >= 15 is 0 Å². The molecule has 122 valence electrons. The predicted molar refractivity (Wildman–Crippen MR) is 84.9 cm³/mol. The Balaban J connectivity index is 3.22. The van der Waals surface area contributed by atoms with Gasteiger partial charge in [0.25, 0.3) is 0 Å². The molecular formula is C14H28N4O2S. The fourth-order valence-electron chi connectivity index (χ4n) is 2.63. The molecule has 1 rings (SSSR count). The van der Waals surface area contributed by atoms with E-state index in [1.807, 2.05) is 27.8 Å². The Morgan fingerprint density at radius 2 is 1.86 bits per heavy atom. The van der Waals surface area contributed by atoms with Gasteiger partial charge in [0.15, 0.2) is 0 Å². The number of nitrogens with zero attached hydrogens (tertiary/aromatic N) is 3. The molecule has 21 heavy (non-hydrogen) atoms. The zero-order chi connectivity index (χ0) is 16.2. The number of sulfonamides is 1. The maximum absolute atomic E-state index is 12.9. The topological polar surface area (TPSA) is 67.2 Å². The van der Waals surface area contributed by atoms with Crippen LogP contribution in [0.3, 0.4) is 0 Å². The molecule has 0 atom stereocenters. The highest BCUT2D eigenvalue weighted by atomic mass is 32.2. The molecule has 7 heteroatoms. The lowest BCUT2D eigenvalue weighted by Crippen LogP contribution is -2.36. The highest BCUT2D eigenvalue weighted by molar-refractivity contribution is 7.89. The molecule has 0 aliphatic heterocycles. The van der Waals surface area contributed by atoms with E-state index in [0.29, 0.717) is 22.8 Å². The Hall–Kier alpha value is -0.920. The molecule has 0 bridgehead atoms. The second kappa shape index (κ2) is 7.38. The summed E-state index contributed by atoms with van der Waals surface area (Å²) in [6.07, 6.45) is 1.61. The van der Waals surface area contributed by atoms with E-state index in [-0.39, 0.29) is 6.04 Å². The van der Waals surface area contributed by atoms with Crippen LogP contribution in [0.25, 0.3) is 0 Å². The van der Waals surface area contributed by atoms with E-state index in [9.17, 15) is 8.42 Å². The highest BCUT2D eigenvalue weighted by Crippen LogP contribution is 2.25. The lowest BCUT2D eigenvalue weighted by Gasteiger charge is -2.25. The minimum atomic E-state index is -3.50. The van der Waals surface area contributed by atoms with Crippen molar-refractivity contribution in [3.63, 3.8) is 0 Å². The van der Waals surface area contributed by atoms with Gasteiger partial charge >= 0.3 is 0 Å². The summed E-state index contributed by atoms with van der Waals surface area (Å²) in [4.78, 5) is 0.355. The van der Waals surface area contributed by atoms with Crippen molar-refractivity contribution in [1.82, 2.24) is 19.4 Å². The summed E-state index contributed by atoms with van der Waals surface area (Å²) in [6.45, 7) is 9.02. The van der Waals surface area contributed by atoms with Gasteiger partial charge in [0.05, 0.1) is 17.9 Å². The lowest BCUT2D eigenvalue weighted by atomic mass is 10.2. The second-order valence-electron chi connectivity index (χ2n) is 5.32. The van der Waals surface area contributed by atoms with Crippen molar-refractivity contribution in [2.75, 3.05) is 20.6 Å². The monoisotopic (exact) mass is 316 g/mol. The molecule has 0 unspecified atom stereocenters. The molecule has 0 saturated heterocycles. The van der Waals surface area contributed by atoms with E-state index in [1.54, 1.807) is 18.7 Å². The van der Waals surface area contributed by atoms with Gasteiger partial charge in [0.1, 0.15) is 4.90 Å². The smallest absolute Gasteiger partial charge is 0.246 e. The number of aromatic nitrogens is 2. The Morgan fingerprint density at radius 3 is 2.33 bits per heavy atom. The van der Waals surface area contributed by atoms with E-state index in [0.717, 1.165) is 19.4 Å². The normalized spacial score (nSPS) is 12.6. The molecule has 0 aromatic carbocycles. The van der Waals surface area contributed by atoms with Gasteiger partial charge < -0.3 is 5.32 Å². The van der Waals surface area contributed by atoms with Gasteiger partial charge in [-0.15, -0.1) is 0 Å². The number of hydrogen-bond acceptors (Lipinski definition) is 4. The van der Waals surface area contributed by atoms with Gasteiger partial charge in [-0.05, 0) is 33.7 Å². The summed E-state index contributed by atoms with van der Waals surface area (Å²) in [7, 11) is 0.0304. The zero-order valence-corrected chi connectivity index (χ0v) is 14.8. The Labute approximate surface area is 128 Å². The van der Waals surface area contributed by atoms with E-state index in [4.69, 9.17) is 0 Å². The Kier molecular flexibility index (Phi) is 6.37. The molecule has 1 heterocycles. The molecule has 0 fully saturated rings. The van der Waals surface area contributed by atoms with Crippen LogP contribution in [-0.4, -0.2) is 49.2 Å². The maximum Gasteiger partial charge on any atom is 0.246 e. The van der Waals surface area contributed by atoms with Crippen LogP contribution in [0.5, 0.6) is 0 Å². The molecular weight excluding hydrogens is 288 g/mol. The van der Waals surface area contributed by atoms with E-state index in [2.05, 4.69) is 10.4 Å². The third-order valence-electron chi connectivity index (χ3n) is 3.98. The van der Waals surface area contributed by atoms with Crippen molar-refractivity contribution in [3.8, 4) is 0 Å². The van der Waals surface area contributed by atoms with Crippen LogP contribution >= 0.6 is 0 Å². The number of hydrogen-bond donors (Lipinski definition) is 1. The van der Waals surface area contributed by atoms with Crippen LogP contribution in [0.4, 0.5) is 0 Å². The molecule has 6 nitrogen and oxygen atoms in total. The fraction of sp³-hybridized carbons (Fsp3) is 0.786. The summed E-state index contributed by atoms with van der Waals surface area (Å²) in [5.74, 6) is 0. The Bertz CT molecular complexity index is 562. The number of likely N-dealkylation sites (N-methyl/N-ethyl adjacent to an activating group) is 1. The summed E-state index contributed by atoms with van der Waals surface area (Å²) < 4.78 is 29.0. The van der Waals surface area contributed by atoms with Gasteiger partial charge in [-0.1, -0.05) is 13.8 Å².